The number of allylic oxidation sites excluding steroid dienone is 1. The van der Waals surface area contributed by atoms with Crippen LogP contribution < -0.4 is 0 Å². The Morgan fingerprint density at radius 1 is 1.22 bits per heavy atom. The van der Waals surface area contributed by atoms with Crippen molar-refractivity contribution in [3.63, 3.8) is 0 Å². The van der Waals surface area contributed by atoms with Crippen molar-refractivity contribution < 1.29 is 14.3 Å². The van der Waals surface area contributed by atoms with Gasteiger partial charge in [0.15, 0.2) is 11.4 Å². The third kappa shape index (κ3) is 2.51. The fourth-order valence-electron chi connectivity index (χ4n) is 3.65. The second-order valence-corrected chi connectivity index (χ2v) is 8.08. The van der Waals surface area contributed by atoms with E-state index in [4.69, 9.17) is 9.47 Å². The van der Waals surface area contributed by atoms with E-state index in [0.29, 0.717) is 6.61 Å². The molecule has 124 valence electrons. The number of ether oxygens (including phenoxy) is 2. The van der Waals surface area contributed by atoms with E-state index in [9.17, 15) is 4.79 Å². The average molecular weight is 314 g/mol. The van der Waals surface area contributed by atoms with Crippen molar-refractivity contribution in [3.8, 4) is 0 Å². The van der Waals surface area contributed by atoms with Crippen molar-refractivity contribution in [3.05, 3.63) is 47.7 Å². The molecule has 0 amide bonds. The zero-order chi connectivity index (χ0) is 16.9. The minimum Gasteiger partial charge on any atom is -0.480 e. The summed E-state index contributed by atoms with van der Waals surface area (Å²) in [6.07, 6.45) is 2.91. The predicted molar refractivity (Wildman–Crippen MR) is 89.9 cm³/mol. The van der Waals surface area contributed by atoms with E-state index in [1.54, 1.807) is 6.92 Å². The lowest BCUT2D eigenvalue weighted by atomic mass is 9.66. The molecule has 0 N–H and O–H groups in total. The Bertz CT molecular complexity index is 641. The van der Waals surface area contributed by atoms with Gasteiger partial charge in [-0.1, -0.05) is 58.0 Å². The van der Waals surface area contributed by atoms with Crippen LogP contribution in [0.5, 0.6) is 0 Å². The van der Waals surface area contributed by atoms with Crippen molar-refractivity contribution in [2.45, 2.75) is 52.7 Å². The molecular formula is C20H26O3. The van der Waals surface area contributed by atoms with Gasteiger partial charge in [-0.15, -0.1) is 0 Å². The van der Waals surface area contributed by atoms with Crippen LogP contribution in [-0.4, -0.2) is 18.0 Å². The molecule has 0 radical (unpaired) electrons. The summed E-state index contributed by atoms with van der Waals surface area (Å²) in [6.45, 7) is 10.4. The molecule has 0 spiro atoms. The minimum absolute atomic E-state index is 0.00663. The van der Waals surface area contributed by atoms with Crippen molar-refractivity contribution in [2.24, 2.45) is 10.8 Å². The SMILES string of the molecule is CC(=O)[C@]12CO[C@@H](c3ccccc3)C[C@@]1(C)C=C(C(C)(C)C)O2. The van der Waals surface area contributed by atoms with Crippen LogP contribution >= 0.6 is 0 Å². The van der Waals surface area contributed by atoms with Crippen LogP contribution in [0.15, 0.2) is 42.2 Å². The molecule has 3 nitrogen and oxygen atoms in total. The van der Waals surface area contributed by atoms with Crippen molar-refractivity contribution in [2.75, 3.05) is 6.61 Å². The summed E-state index contributed by atoms with van der Waals surface area (Å²) in [5.74, 6) is 0.939. The van der Waals surface area contributed by atoms with Gasteiger partial charge in [0.25, 0.3) is 0 Å². The topological polar surface area (TPSA) is 35.5 Å². The van der Waals surface area contributed by atoms with Gasteiger partial charge in [0.05, 0.1) is 18.5 Å². The molecule has 1 saturated heterocycles. The smallest absolute Gasteiger partial charge is 0.198 e. The van der Waals surface area contributed by atoms with Gasteiger partial charge in [-0.2, -0.15) is 0 Å². The monoisotopic (exact) mass is 314 g/mol. The molecule has 0 saturated carbocycles. The number of carbonyl (C=O) groups is 1. The molecule has 0 bridgehead atoms. The molecule has 0 aromatic heterocycles. The molecule has 0 aliphatic carbocycles. The number of carbonyl (C=O) groups excluding carboxylic acids is 1. The quantitative estimate of drug-likeness (QED) is 0.809. The second-order valence-electron chi connectivity index (χ2n) is 8.08. The zero-order valence-corrected chi connectivity index (χ0v) is 14.7. The number of ketones is 1. The number of Topliss-reactive ketones (excluding diaryl/α,β-unsaturated/α-hetero) is 1. The molecule has 1 aromatic carbocycles. The van der Waals surface area contributed by atoms with Crippen LogP contribution in [0.1, 0.15) is 52.7 Å². The van der Waals surface area contributed by atoms with Crippen molar-refractivity contribution in [1.82, 2.24) is 0 Å². The highest BCUT2D eigenvalue weighted by Gasteiger charge is 2.61. The fraction of sp³-hybridized carbons (Fsp3) is 0.550. The van der Waals surface area contributed by atoms with Crippen LogP contribution in [0.25, 0.3) is 0 Å². The lowest BCUT2D eigenvalue weighted by Crippen LogP contribution is -2.57. The van der Waals surface area contributed by atoms with Gasteiger partial charge in [0.2, 0.25) is 0 Å². The number of hydrogen-bond donors (Lipinski definition) is 0. The number of hydrogen-bond acceptors (Lipinski definition) is 3. The van der Waals surface area contributed by atoms with Gasteiger partial charge in [-0.05, 0) is 25.0 Å². The van der Waals surface area contributed by atoms with E-state index < -0.39 is 5.60 Å². The minimum atomic E-state index is -0.888. The summed E-state index contributed by atoms with van der Waals surface area (Å²) in [7, 11) is 0. The normalized spacial score (nSPS) is 33.6. The van der Waals surface area contributed by atoms with E-state index in [2.05, 4.69) is 45.9 Å². The fourth-order valence-corrected chi connectivity index (χ4v) is 3.65. The van der Waals surface area contributed by atoms with Crippen molar-refractivity contribution >= 4 is 5.78 Å². The summed E-state index contributed by atoms with van der Waals surface area (Å²) in [5.41, 5.74) is -0.199. The van der Waals surface area contributed by atoms with E-state index in [-0.39, 0.29) is 22.7 Å². The van der Waals surface area contributed by atoms with Gasteiger partial charge in [-0.3, -0.25) is 4.79 Å². The highest BCUT2D eigenvalue weighted by atomic mass is 16.6. The maximum absolute atomic E-state index is 12.5. The first-order chi connectivity index (χ1) is 10.7. The Hall–Kier alpha value is -1.61. The molecule has 23 heavy (non-hydrogen) atoms. The van der Waals surface area contributed by atoms with E-state index in [1.165, 1.54) is 0 Å². The maximum atomic E-state index is 12.5. The number of fused-ring (bicyclic) bond motifs is 1. The van der Waals surface area contributed by atoms with Crippen LogP contribution in [0.3, 0.4) is 0 Å². The largest absolute Gasteiger partial charge is 0.480 e. The lowest BCUT2D eigenvalue weighted by molar-refractivity contribution is -0.186. The molecule has 3 heteroatoms. The third-order valence-corrected chi connectivity index (χ3v) is 5.23. The molecule has 2 aliphatic heterocycles. The summed E-state index contributed by atoms with van der Waals surface area (Å²) in [4.78, 5) is 12.5. The third-order valence-electron chi connectivity index (χ3n) is 5.23. The summed E-state index contributed by atoms with van der Waals surface area (Å²) < 4.78 is 12.3. The molecule has 1 aromatic rings. The maximum Gasteiger partial charge on any atom is 0.198 e. The molecule has 2 aliphatic rings. The van der Waals surface area contributed by atoms with Crippen molar-refractivity contribution in [1.29, 1.82) is 0 Å². The van der Waals surface area contributed by atoms with Gasteiger partial charge in [0.1, 0.15) is 0 Å². The van der Waals surface area contributed by atoms with Gasteiger partial charge >= 0.3 is 0 Å². The van der Waals surface area contributed by atoms with Crippen LogP contribution in [-0.2, 0) is 14.3 Å². The highest BCUT2D eigenvalue weighted by Crippen LogP contribution is 2.56. The standard InChI is InChI=1S/C20H26O3/c1-14(21)20-13-22-16(15-9-7-6-8-10-15)11-19(20,5)12-17(23-20)18(2,3)4/h6-10,12,16H,11,13H2,1-5H3/t16-,19+,20-/m1/s1. The first kappa shape index (κ1) is 16.3. The summed E-state index contributed by atoms with van der Waals surface area (Å²) in [5, 5.41) is 0. The average Bonchev–Trinajstić information content (AvgIpc) is 2.81. The van der Waals surface area contributed by atoms with Gasteiger partial charge in [-0.25, -0.2) is 0 Å². The van der Waals surface area contributed by atoms with Crippen LogP contribution in [0.2, 0.25) is 0 Å². The lowest BCUT2D eigenvalue weighted by Gasteiger charge is -2.46. The molecule has 3 atom stereocenters. The zero-order valence-electron chi connectivity index (χ0n) is 14.7. The molecule has 3 rings (SSSR count). The molecular weight excluding hydrogens is 288 g/mol. The number of benzene rings is 1. The molecule has 2 heterocycles. The second kappa shape index (κ2) is 5.20. The summed E-state index contributed by atoms with van der Waals surface area (Å²) in [6, 6.07) is 10.2. The van der Waals surface area contributed by atoms with E-state index in [0.717, 1.165) is 17.7 Å². The van der Waals surface area contributed by atoms with E-state index >= 15 is 0 Å². The van der Waals surface area contributed by atoms with Crippen LogP contribution in [0.4, 0.5) is 0 Å². The Balaban J connectivity index is 1.99. The summed E-state index contributed by atoms with van der Waals surface area (Å²) >= 11 is 0. The molecule has 0 unspecified atom stereocenters. The Labute approximate surface area is 138 Å². The Morgan fingerprint density at radius 3 is 2.43 bits per heavy atom. The van der Waals surface area contributed by atoms with Gasteiger partial charge < -0.3 is 9.47 Å². The van der Waals surface area contributed by atoms with Crippen LogP contribution in [0, 0.1) is 10.8 Å². The first-order valence-corrected chi connectivity index (χ1v) is 8.28. The highest BCUT2D eigenvalue weighted by molar-refractivity contribution is 5.87. The number of rotatable bonds is 2. The predicted octanol–water partition coefficient (Wildman–Crippen LogP) is 4.44. The Morgan fingerprint density at radius 2 is 1.87 bits per heavy atom. The Kier molecular flexibility index (Phi) is 3.68. The van der Waals surface area contributed by atoms with E-state index in [1.807, 2.05) is 18.2 Å². The first-order valence-electron chi connectivity index (χ1n) is 8.28. The van der Waals surface area contributed by atoms with Gasteiger partial charge in [0, 0.05) is 10.8 Å². The molecule has 1 fully saturated rings.